The highest BCUT2D eigenvalue weighted by atomic mass is 32.1. The molecule has 0 aliphatic carbocycles. The normalized spacial score (nSPS) is 11.9. The summed E-state index contributed by atoms with van der Waals surface area (Å²) < 4.78 is 17.4. The van der Waals surface area contributed by atoms with E-state index in [2.05, 4.69) is 10.4 Å². The van der Waals surface area contributed by atoms with Crippen LogP contribution in [0.25, 0.3) is 16.3 Å². The Balaban J connectivity index is 1.31. The molecule has 1 aliphatic rings. The predicted octanol–water partition coefficient (Wildman–Crippen LogP) is 4.13. The van der Waals surface area contributed by atoms with Gasteiger partial charge in [-0.2, -0.15) is 5.10 Å². The van der Waals surface area contributed by atoms with E-state index in [1.807, 2.05) is 47.8 Å². The van der Waals surface area contributed by atoms with Crippen LogP contribution in [0.1, 0.15) is 10.5 Å². The molecule has 0 bridgehead atoms. The van der Waals surface area contributed by atoms with E-state index in [-0.39, 0.29) is 12.5 Å². The maximum absolute atomic E-state index is 12.8. The number of esters is 1. The lowest BCUT2D eigenvalue weighted by molar-refractivity contribution is -0.119. The van der Waals surface area contributed by atoms with Crippen LogP contribution < -0.4 is 14.8 Å². The van der Waals surface area contributed by atoms with Crippen molar-refractivity contribution < 1.29 is 23.8 Å². The van der Waals surface area contributed by atoms with E-state index < -0.39 is 18.5 Å². The third kappa shape index (κ3) is 4.06. The van der Waals surface area contributed by atoms with Gasteiger partial charge in [0.2, 0.25) is 6.79 Å². The number of carbonyl (C=O) groups excluding carboxylic acids is 2. The van der Waals surface area contributed by atoms with Crippen LogP contribution in [-0.2, 0) is 9.53 Å². The topological polar surface area (TPSA) is 91.7 Å². The molecule has 5 rings (SSSR count). The van der Waals surface area contributed by atoms with E-state index >= 15 is 0 Å². The Morgan fingerprint density at radius 2 is 1.88 bits per heavy atom. The van der Waals surface area contributed by atoms with Gasteiger partial charge in [0.1, 0.15) is 5.69 Å². The summed E-state index contributed by atoms with van der Waals surface area (Å²) in [6, 6.07) is 19.8. The largest absolute Gasteiger partial charge is 0.454 e. The summed E-state index contributed by atoms with van der Waals surface area (Å²) in [6.07, 6.45) is 0. The number of nitrogens with zero attached hydrogens (tertiary/aromatic N) is 2. The van der Waals surface area contributed by atoms with Crippen molar-refractivity contribution in [3.8, 4) is 27.8 Å². The van der Waals surface area contributed by atoms with Crippen LogP contribution in [0.4, 0.5) is 5.69 Å². The van der Waals surface area contributed by atoms with Crippen molar-refractivity contribution in [1.82, 2.24) is 9.78 Å². The highest BCUT2D eigenvalue weighted by molar-refractivity contribution is 7.13. The summed E-state index contributed by atoms with van der Waals surface area (Å²) in [5.41, 5.74) is 2.12. The molecule has 0 unspecified atom stereocenters. The number of anilines is 1. The summed E-state index contributed by atoms with van der Waals surface area (Å²) in [5, 5.41) is 9.19. The van der Waals surface area contributed by atoms with Crippen molar-refractivity contribution in [1.29, 1.82) is 0 Å². The van der Waals surface area contributed by atoms with Gasteiger partial charge in [0, 0.05) is 17.8 Å². The van der Waals surface area contributed by atoms with E-state index in [0.29, 0.717) is 28.6 Å². The molecule has 160 valence electrons. The number of para-hydroxylation sites is 1. The number of amides is 1. The molecule has 2 aromatic heterocycles. The number of rotatable bonds is 6. The lowest BCUT2D eigenvalue weighted by Gasteiger charge is -2.09. The molecular weight excluding hydrogens is 430 g/mol. The van der Waals surface area contributed by atoms with Crippen molar-refractivity contribution in [3.63, 3.8) is 0 Å². The van der Waals surface area contributed by atoms with Gasteiger partial charge in [-0.15, -0.1) is 11.3 Å². The fourth-order valence-electron chi connectivity index (χ4n) is 3.21. The molecular formula is C23H17N3O5S. The molecule has 1 amide bonds. The number of nitrogens with one attached hydrogen (secondary N) is 1. The van der Waals surface area contributed by atoms with Gasteiger partial charge >= 0.3 is 5.97 Å². The Bertz CT molecular complexity index is 1270. The van der Waals surface area contributed by atoms with E-state index in [1.54, 1.807) is 24.3 Å². The fraction of sp³-hybridized carbons (Fsp3) is 0.0870. The second-order valence-corrected chi connectivity index (χ2v) is 7.78. The van der Waals surface area contributed by atoms with E-state index in [0.717, 1.165) is 4.88 Å². The molecule has 3 heterocycles. The Morgan fingerprint density at radius 3 is 2.69 bits per heavy atom. The summed E-state index contributed by atoms with van der Waals surface area (Å²) in [6.45, 7) is -0.297. The minimum atomic E-state index is -0.648. The maximum atomic E-state index is 12.8. The van der Waals surface area contributed by atoms with E-state index in [9.17, 15) is 9.59 Å². The smallest absolute Gasteiger partial charge is 0.357 e. The van der Waals surface area contributed by atoms with Gasteiger partial charge in [0.05, 0.1) is 10.6 Å². The monoisotopic (exact) mass is 447 g/mol. The van der Waals surface area contributed by atoms with Crippen molar-refractivity contribution in [2.24, 2.45) is 0 Å². The Hall–Kier alpha value is -4.11. The molecule has 4 aromatic rings. The van der Waals surface area contributed by atoms with Gasteiger partial charge in [-0.3, -0.25) is 4.79 Å². The molecule has 0 atom stereocenters. The van der Waals surface area contributed by atoms with Crippen LogP contribution >= 0.6 is 11.3 Å². The van der Waals surface area contributed by atoms with Gasteiger partial charge in [-0.1, -0.05) is 24.3 Å². The number of benzene rings is 2. The molecule has 0 saturated carbocycles. The number of ether oxygens (including phenoxy) is 3. The average molecular weight is 447 g/mol. The molecule has 0 saturated heterocycles. The highest BCUT2D eigenvalue weighted by Gasteiger charge is 2.21. The highest BCUT2D eigenvalue weighted by Crippen LogP contribution is 2.34. The average Bonchev–Trinajstić information content (AvgIpc) is 3.58. The molecule has 2 aromatic carbocycles. The minimum absolute atomic E-state index is 0.146. The molecule has 0 fully saturated rings. The number of hydrogen-bond acceptors (Lipinski definition) is 7. The van der Waals surface area contributed by atoms with Gasteiger partial charge < -0.3 is 19.5 Å². The third-order valence-electron chi connectivity index (χ3n) is 4.68. The number of thiophene rings is 1. The zero-order valence-corrected chi connectivity index (χ0v) is 17.5. The summed E-state index contributed by atoms with van der Waals surface area (Å²) >= 11 is 1.52. The molecule has 1 aliphatic heterocycles. The van der Waals surface area contributed by atoms with Crippen LogP contribution in [0.5, 0.6) is 11.5 Å². The third-order valence-corrected chi connectivity index (χ3v) is 5.58. The summed E-state index contributed by atoms with van der Waals surface area (Å²) in [5.74, 6) is 0.0456. The molecule has 0 spiro atoms. The predicted molar refractivity (Wildman–Crippen MR) is 118 cm³/mol. The molecule has 9 heteroatoms. The zero-order chi connectivity index (χ0) is 21.9. The quantitative estimate of drug-likeness (QED) is 0.447. The minimum Gasteiger partial charge on any atom is -0.454 e. The summed E-state index contributed by atoms with van der Waals surface area (Å²) in [7, 11) is 0. The number of aromatic nitrogens is 2. The molecule has 8 nitrogen and oxygen atoms in total. The first kappa shape index (κ1) is 19.8. The van der Waals surface area contributed by atoms with Crippen molar-refractivity contribution in [3.05, 3.63) is 77.8 Å². The number of fused-ring (bicyclic) bond motifs is 1. The lowest BCUT2D eigenvalue weighted by Crippen LogP contribution is -2.22. The van der Waals surface area contributed by atoms with E-state index in [4.69, 9.17) is 14.2 Å². The van der Waals surface area contributed by atoms with Gasteiger partial charge in [-0.05, 0) is 35.7 Å². The Morgan fingerprint density at radius 1 is 1.03 bits per heavy atom. The first-order valence-electron chi connectivity index (χ1n) is 9.73. The Labute approximate surface area is 187 Å². The number of hydrogen-bond donors (Lipinski definition) is 1. The summed E-state index contributed by atoms with van der Waals surface area (Å²) in [4.78, 5) is 26.1. The Kier molecular flexibility index (Phi) is 5.30. The first-order valence-corrected chi connectivity index (χ1v) is 10.6. The second-order valence-electron chi connectivity index (χ2n) is 6.83. The van der Waals surface area contributed by atoms with Crippen molar-refractivity contribution in [2.45, 2.75) is 0 Å². The fourth-order valence-corrected chi connectivity index (χ4v) is 3.90. The van der Waals surface area contributed by atoms with Crippen molar-refractivity contribution >= 4 is 28.9 Å². The molecule has 1 N–H and O–H groups in total. The maximum Gasteiger partial charge on any atom is 0.357 e. The number of carbonyl (C=O) groups is 2. The van der Waals surface area contributed by atoms with Crippen LogP contribution in [-0.4, -0.2) is 35.1 Å². The van der Waals surface area contributed by atoms with E-state index in [1.165, 1.54) is 16.0 Å². The molecule has 0 radical (unpaired) electrons. The van der Waals surface area contributed by atoms with Crippen LogP contribution in [0.15, 0.2) is 72.1 Å². The van der Waals surface area contributed by atoms with Crippen molar-refractivity contribution in [2.75, 3.05) is 18.7 Å². The van der Waals surface area contributed by atoms with Gasteiger partial charge in [-0.25, -0.2) is 9.48 Å². The second kappa shape index (κ2) is 8.56. The van der Waals surface area contributed by atoms with Crippen LogP contribution in [0.3, 0.4) is 0 Å². The van der Waals surface area contributed by atoms with Gasteiger partial charge in [0.25, 0.3) is 5.91 Å². The first-order chi connectivity index (χ1) is 15.7. The lowest BCUT2D eigenvalue weighted by atomic mass is 10.3. The standard InChI is InChI=1S/C23H17N3O5S/c27-22(24-15-8-9-19-20(11-15)31-14-30-19)13-29-23(28)18-12-17(21-7-4-10-32-21)25-26(18)16-5-2-1-3-6-16/h1-12H,13-14H2,(H,24,27). The zero-order valence-electron chi connectivity index (χ0n) is 16.7. The van der Waals surface area contributed by atoms with Crippen LogP contribution in [0.2, 0.25) is 0 Å². The SMILES string of the molecule is O=C(COC(=O)c1cc(-c2cccs2)nn1-c1ccccc1)Nc1ccc2c(c1)OCO2. The molecule has 32 heavy (non-hydrogen) atoms. The van der Waals surface area contributed by atoms with Gasteiger partial charge in [0.15, 0.2) is 23.8 Å². The van der Waals surface area contributed by atoms with Crippen LogP contribution in [0, 0.1) is 0 Å².